The van der Waals surface area contributed by atoms with E-state index in [-0.39, 0.29) is 5.78 Å². The van der Waals surface area contributed by atoms with Crippen LogP contribution >= 0.6 is 27.3 Å². The minimum Gasteiger partial charge on any atom is -0.372 e. The zero-order chi connectivity index (χ0) is 12.7. The number of carbonyl (C=O) groups excluding carboxylic acids is 1. The van der Waals surface area contributed by atoms with Crippen LogP contribution in [0, 0.1) is 6.92 Å². The van der Waals surface area contributed by atoms with Crippen LogP contribution in [0.15, 0.2) is 28.1 Å². The molecule has 2 nitrogen and oxygen atoms in total. The van der Waals surface area contributed by atoms with Crippen LogP contribution in [-0.4, -0.2) is 5.78 Å². The van der Waals surface area contributed by atoms with E-state index in [4.69, 9.17) is 4.74 Å². The third-order valence-corrected chi connectivity index (χ3v) is 4.67. The first kappa shape index (κ1) is 12.1. The molecule has 4 heteroatoms. The molecule has 2 heterocycles. The van der Waals surface area contributed by atoms with Gasteiger partial charge in [-0.25, -0.2) is 0 Å². The zero-order valence-corrected chi connectivity index (χ0v) is 12.2. The molecule has 0 radical (unpaired) electrons. The van der Waals surface area contributed by atoms with Gasteiger partial charge < -0.3 is 4.74 Å². The number of aryl methyl sites for hydroxylation is 1. The molecule has 1 aromatic heterocycles. The summed E-state index contributed by atoms with van der Waals surface area (Å²) in [5.74, 6) is 0.0872. The number of hydrogen-bond acceptors (Lipinski definition) is 3. The summed E-state index contributed by atoms with van der Waals surface area (Å²) in [7, 11) is 0. The average molecular weight is 323 g/mol. The van der Waals surface area contributed by atoms with Crippen LogP contribution in [0.25, 0.3) is 0 Å². The van der Waals surface area contributed by atoms with E-state index in [1.54, 1.807) is 11.3 Å². The van der Waals surface area contributed by atoms with Crippen LogP contribution in [0.5, 0.6) is 0 Å². The molecule has 0 amide bonds. The lowest BCUT2D eigenvalue weighted by atomic mass is 10.00. The van der Waals surface area contributed by atoms with Gasteiger partial charge in [0.15, 0.2) is 5.78 Å². The predicted octanol–water partition coefficient (Wildman–Crippen LogP) is 4.08. The second-order valence-electron chi connectivity index (χ2n) is 4.33. The largest absolute Gasteiger partial charge is 0.372 e. The summed E-state index contributed by atoms with van der Waals surface area (Å²) in [6, 6.07) is 7.73. The normalized spacial score (nSPS) is 13.7. The van der Waals surface area contributed by atoms with Crippen molar-refractivity contribution in [3.63, 3.8) is 0 Å². The summed E-state index contributed by atoms with van der Waals surface area (Å²) in [6.45, 7) is 3.24. The minimum atomic E-state index is 0.0872. The molecule has 0 saturated carbocycles. The quantitative estimate of drug-likeness (QED) is 0.779. The molecule has 0 atom stereocenters. The van der Waals surface area contributed by atoms with E-state index in [9.17, 15) is 4.79 Å². The maximum atomic E-state index is 12.4. The highest BCUT2D eigenvalue weighted by molar-refractivity contribution is 9.11. The van der Waals surface area contributed by atoms with E-state index < -0.39 is 0 Å². The number of rotatable bonds is 2. The van der Waals surface area contributed by atoms with E-state index in [1.807, 2.05) is 31.2 Å². The third kappa shape index (κ3) is 2.05. The van der Waals surface area contributed by atoms with Gasteiger partial charge in [-0.05, 0) is 46.1 Å². The van der Waals surface area contributed by atoms with Gasteiger partial charge in [-0.15, -0.1) is 11.3 Å². The summed E-state index contributed by atoms with van der Waals surface area (Å²) in [6.07, 6.45) is 0. The second kappa shape index (κ2) is 4.61. The van der Waals surface area contributed by atoms with Crippen LogP contribution in [0.1, 0.15) is 31.9 Å². The molecule has 2 aromatic rings. The van der Waals surface area contributed by atoms with Gasteiger partial charge in [-0.1, -0.05) is 12.1 Å². The average Bonchev–Trinajstić information content (AvgIpc) is 2.93. The summed E-state index contributed by atoms with van der Waals surface area (Å²) < 4.78 is 6.36. The van der Waals surface area contributed by atoms with E-state index in [0.717, 1.165) is 25.4 Å². The molecule has 92 valence electrons. The van der Waals surface area contributed by atoms with Gasteiger partial charge >= 0.3 is 0 Å². The van der Waals surface area contributed by atoms with Crippen molar-refractivity contribution in [2.24, 2.45) is 0 Å². The lowest BCUT2D eigenvalue weighted by Crippen LogP contribution is -2.02. The maximum absolute atomic E-state index is 12.4. The minimum absolute atomic E-state index is 0.0872. The number of hydrogen-bond donors (Lipinski definition) is 0. The molecule has 18 heavy (non-hydrogen) atoms. The summed E-state index contributed by atoms with van der Waals surface area (Å²) >= 11 is 5.01. The molecule has 0 unspecified atom stereocenters. The zero-order valence-electron chi connectivity index (χ0n) is 9.83. The Balaban J connectivity index is 2.00. The Morgan fingerprint density at radius 3 is 2.78 bits per heavy atom. The van der Waals surface area contributed by atoms with E-state index in [2.05, 4.69) is 15.9 Å². The number of ketones is 1. The SMILES string of the molecule is Cc1sc(Br)cc1C(=O)c1ccc2c(c1)COC2. The number of thiophene rings is 1. The second-order valence-corrected chi connectivity index (χ2v) is 6.96. The van der Waals surface area contributed by atoms with Crippen LogP contribution in [0.4, 0.5) is 0 Å². The molecule has 1 aliphatic heterocycles. The highest BCUT2D eigenvalue weighted by Gasteiger charge is 2.18. The van der Waals surface area contributed by atoms with Gasteiger partial charge in [-0.2, -0.15) is 0 Å². The van der Waals surface area contributed by atoms with Crippen molar-refractivity contribution in [1.29, 1.82) is 0 Å². The molecular weight excluding hydrogens is 312 g/mol. The highest BCUT2D eigenvalue weighted by atomic mass is 79.9. The number of fused-ring (bicyclic) bond motifs is 1. The van der Waals surface area contributed by atoms with Gasteiger partial charge in [0, 0.05) is 16.0 Å². The number of benzene rings is 1. The van der Waals surface area contributed by atoms with E-state index in [0.29, 0.717) is 13.2 Å². The van der Waals surface area contributed by atoms with Crippen LogP contribution in [0.3, 0.4) is 0 Å². The molecule has 1 aromatic carbocycles. The summed E-state index contributed by atoms with van der Waals surface area (Å²) in [5.41, 5.74) is 3.85. The highest BCUT2D eigenvalue weighted by Crippen LogP contribution is 2.29. The van der Waals surface area contributed by atoms with Crippen molar-refractivity contribution < 1.29 is 9.53 Å². The molecule has 0 bridgehead atoms. The fourth-order valence-electron chi connectivity index (χ4n) is 2.14. The molecule has 0 saturated heterocycles. The van der Waals surface area contributed by atoms with Gasteiger partial charge in [0.2, 0.25) is 0 Å². The number of carbonyl (C=O) groups is 1. The molecule has 0 spiro atoms. The van der Waals surface area contributed by atoms with E-state index >= 15 is 0 Å². The van der Waals surface area contributed by atoms with Crippen molar-refractivity contribution in [3.05, 3.63) is 55.2 Å². The fraction of sp³-hybridized carbons (Fsp3) is 0.214. The standard InChI is InChI=1S/C14H11BrO2S/c1-8-12(5-13(15)18-8)14(16)9-2-3-10-6-17-7-11(10)4-9/h2-5H,6-7H2,1H3. The first-order valence-corrected chi connectivity index (χ1v) is 7.26. The van der Waals surface area contributed by atoms with Crippen molar-refractivity contribution in [1.82, 2.24) is 0 Å². The Labute approximate surface area is 118 Å². The van der Waals surface area contributed by atoms with Crippen molar-refractivity contribution >= 4 is 33.0 Å². The van der Waals surface area contributed by atoms with E-state index in [1.165, 1.54) is 5.56 Å². The molecule has 3 rings (SSSR count). The molecule has 0 fully saturated rings. The molecule has 1 aliphatic rings. The Bertz CT molecular complexity index is 631. The topological polar surface area (TPSA) is 26.3 Å². The Morgan fingerprint density at radius 2 is 2.06 bits per heavy atom. The summed E-state index contributed by atoms with van der Waals surface area (Å²) in [4.78, 5) is 13.5. The summed E-state index contributed by atoms with van der Waals surface area (Å²) in [5, 5.41) is 0. The fourth-order valence-corrected chi connectivity index (χ4v) is 3.83. The van der Waals surface area contributed by atoms with Gasteiger partial charge in [0.25, 0.3) is 0 Å². The number of ether oxygens (including phenoxy) is 1. The molecular formula is C14H11BrO2S. The van der Waals surface area contributed by atoms with Gasteiger partial charge in [0.1, 0.15) is 0 Å². The maximum Gasteiger partial charge on any atom is 0.194 e. The van der Waals surface area contributed by atoms with Crippen molar-refractivity contribution in [2.75, 3.05) is 0 Å². The monoisotopic (exact) mass is 322 g/mol. The van der Waals surface area contributed by atoms with Crippen molar-refractivity contribution in [3.8, 4) is 0 Å². The van der Waals surface area contributed by atoms with Crippen molar-refractivity contribution in [2.45, 2.75) is 20.1 Å². The van der Waals surface area contributed by atoms with Crippen LogP contribution < -0.4 is 0 Å². The Morgan fingerprint density at radius 1 is 1.28 bits per heavy atom. The predicted molar refractivity (Wildman–Crippen MR) is 75.1 cm³/mol. The first-order valence-electron chi connectivity index (χ1n) is 5.65. The lowest BCUT2D eigenvalue weighted by Gasteiger charge is -2.03. The number of halogens is 1. The molecule has 0 N–H and O–H groups in total. The Kier molecular flexibility index (Phi) is 3.09. The van der Waals surface area contributed by atoms with Gasteiger partial charge in [-0.3, -0.25) is 4.79 Å². The van der Waals surface area contributed by atoms with Gasteiger partial charge in [0.05, 0.1) is 17.0 Å². The first-order chi connectivity index (χ1) is 8.65. The lowest BCUT2D eigenvalue weighted by molar-refractivity contribution is 0.103. The van der Waals surface area contributed by atoms with Crippen LogP contribution in [0.2, 0.25) is 0 Å². The van der Waals surface area contributed by atoms with Crippen LogP contribution in [-0.2, 0) is 18.0 Å². The Hall–Kier alpha value is -0.970. The third-order valence-electron chi connectivity index (χ3n) is 3.12. The molecule has 0 aliphatic carbocycles. The smallest absolute Gasteiger partial charge is 0.194 e.